The molecular weight excluding hydrogens is 322 g/mol. The number of ether oxygens (including phenoxy) is 1. The van der Waals surface area contributed by atoms with Crippen LogP contribution in [0.25, 0.3) is 0 Å². The zero-order valence-corrected chi connectivity index (χ0v) is 14.5. The first-order valence-corrected chi connectivity index (χ1v) is 8.37. The first-order valence-electron chi connectivity index (χ1n) is 8.37. The van der Waals surface area contributed by atoms with E-state index in [2.05, 4.69) is 27.3 Å². The largest absolute Gasteiger partial charge is 0.497 e. The normalized spacial score (nSPS) is 15.9. The van der Waals surface area contributed by atoms with Crippen molar-refractivity contribution in [2.45, 2.75) is 18.9 Å². The molecule has 0 aliphatic carbocycles. The van der Waals surface area contributed by atoms with Crippen molar-refractivity contribution in [3.05, 3.63) is 46.3 Å². The number of hydrogen-bond donors (Lipinski definition) is 1. The minimum atomic E-state index is -0.458. The molecule has 1 atom stereocenters. The molecule has 2 heterocycles. The van der Waals surface area contributed by atoms with Gasteiger partial charge in [-0.2, -0.15) is 0 Å². The van der Waals surface area contributed by atoms with Crippen LogP contribution in [0.3, 0.4) is 0 Å². The zero-order chi connectivity index (χ0) is 17.8. The van der Waals surface area contributed by atoms with Gasteiger partial charge in [-0.05, 0) is 53.5 Å². The van der Waals surface area contributed by atoms with Gasteiger partial charge in [-0.1, -0.05) is 12.1 Å². The first-order chi connectivity index (χ1) is 12.1. The molecule has 8 nitrogen and oxygen atoms in total. The number of hydrogen-bond acceptors (Lipinski definition) is 6. The number of likely N-dealkylation sites (tertiary alicyclic amines) is 1. The van der Waals surface area contributed by atoms with Gasteiger partial charge in [-0.3, -0.25) is 9.47 Å². The van der Waals surface area contributed by atoms with Crippen molar-refractivity contribution in [3.63, 3.8) is 0 Å². The quantitative estimate of drug-likeness (QED) is 0.613. The third-order valence-corrected chi connectivity index (χ3v) is 4.64. The summed E-state index contributed by atoms with van der Waals surface area (Å²) in [7, 11) is 3.40. The second-order valence-electron chi connectivity index (χ2n) is 6.20. The Hall–Kier alpha value is -2.61. The van der Waals surface area contributed by atoms with Gasteiger partial charge in [0.1, 0.15) is 5.75 Å². The summed E-state index contributed by atoms with van der Waals surface area (Å²) in [4.78, 5) is 17.0. The fraction of sp³-hybridized carbons (Fsp3) is 0.471. The summed E-state index contributed by atoms with van der Waals surface area (Å²) in [5, 5.41) is 14.4. The van der Waals surface area contributed by atoms with Gasteiger partial charge in [0.2, 0.25) is 12.1 Å². The fourth-order valence-electron chi connectivity index (χ4n) is 3.29. The molecule has 1 saturated heterocycles. The number of anilines is 1. The van der Waals surface area contributed by atoms with Crippen LogP contribution in [-0.4, -0.2) is 46.1 Å². The Morgan fingerprint density at radius 3 is 2.60 bits per heavy atom. The second kappa shape index (κ2) is 7.52. The van der Waals surface area contributed by atoms with Crippen molar-refractivity contribution < 1.29 is 9.66 Å². The third-order valence-electron chi connectivity index (χ3n) is 4.64. The molecule has 1 aromatic carbocycles. The molecule has 0 bridgehead atoms. The lowest BCUT2D eigenvalue weighted by molar-refractivity contribution is -0.388. The topological polar surface area (TPSA) is 85.5 Å². The SMILES string of the molecule is COc1ccc(C(CNc2c([N+](=O)[O-])ncn2C)N2CCCC2)cc1. The molecule has 0 spiro atoms. The maximum atomic E-state index is 11.1. The van der Waals surface area contributed by atoms with Gasteiger partial charge in [-0.25, -0.2) is 0 Å². The summed E-state index contributed by atoms with van der Waals surface area (Å²) in [5.74, 6) is 1.11. The number of benzene rings is 1. The van der Waals surface area contributed by atoms with E-state index in [9.17, 15) is 10.1 Å². The Morgan fingerprint density at radius 2 is 2.00 bits per heavy atom. The van der Waals surface area contributed by atoms with Crippen molar-refractivity contribution in [2.75, 3.05) is 32.1 Å². The number of nitrogens with one attached hydrogen (secondary N) is 1. The molecule has 1 N–H and O–H groups in total. The maximum absolute atomic E-state index is 11.1. The van der Waals surface area contributed by atoms with Gasteiger partial charge in [0.25, 0.3) is 0 Å². The summed E-state index contributed by atoms with van der Waals surface area (Å²) in [6.07, 6.45) is 3.82. The molecule has 1 aromatic heterocycles. The summed E-state index contributed by atoms with van der Waals surface area (Å²) in [6, 6.07) is 8.15. The highest BCUT2D eigenvalue weighted by molar-refractivity contribution is 5.52. The van der Waals surface area contributed by atoms with E-state index < -0.39 is 4.92 Å². The molecule has 2 aromatic rings. The van der Waals surface area contributed by atoms with Crippen LogP contribution in [0, 0.1) is 10.1 Å². The number of rotatable bonds is 7. The molecule has 8 heteroatoms. The summed E-state index contributed by atoms with van der Waals surface area (Å²) < 4.78 is 6.88. The van der Waals surface area contributed by atoms with E-state index in [1.165, 1.54) is 24.7 Å². The van der Waals surface area contributed by atoms with Crippen LogP contribution in [0.5, 0.6) is 5.75 Å². The van der Waals surface area contributed by atoms with Crippen molar-refractivity contribution in [2.24, 2.45) is 7.05 Å². The Labute approximate surface area is 146 Å². The molecule has 134 valence electrons. The minimum Gasteiger partial charge on any atom is -0.497 e. The number of nitro groups is 1. The van der Waals surface area contributed by atoms with Gasteiger partial charge in [-0.15, -0.1) is 0 Å². The third kappa shape index (κ3) is 3.74. The van der Waals surface area contributed by atoms with E-state index in [-0.39, 0.29) is 11.9 Å². The van der Waals surface area contributed by atoms with Crippen molar-refractivity contribution >= 4 is 11.6 Å². The molecule has 1 unspecified atom stereocenters. The van der Waals surface area contributed by atoms with E-state index in [0.29, 0.717) is 12.4 Å². The van der Waals surface area contributed by atoms with Gasteiger partial charge < -0.3 is 20.2 Å². The molecule has 1 fully saturated rings. The number of imidazole rings is 1. The van der Waals surface area contributed by atoms with Crippen molar-refractivity contribution in [1.29, 1.82) is 0 Å². The highest BCUT2D eigenvalue weighted by Crippen LogP contribution is 2.28. The predicted octanol–water partition coefficient (Wildman–Crippen LogP) is 2.59. The van der Waals surface area contributed by atoms with Crippen LogP contribution in [0.15, 0.2) is 30.6 Å². The van der Waals surface area contributed by atoms with Crippen LogP contribution >= 0.6 is 0 Å². The Morgan fingerprint density at radius 1 is 1.32 bits per heavy atom. The average molecular weight is 345 g/mol. The number of aromatic nitrogens is 2. The predicted molar refractivity (Wildman–Crippen MR) is 94.9 cm³/mol. The van der Waals surface area contributed by atoms with Gasteiger partial charge in [0.15, 0.2) is 0 Å². The molecule has 0 saturated carbocycles. The van der Waals surface area contributed by atoms with E-state index in [1.54, 1.807) is 18.7 Å². The van der Waals surface area contributed by atoms with E-state index in [0.717, 1.165) is 18.8 Å². The van der Waals surface area contributed by atoms with Crippen molar-refractivity contribution in [3.8, 4) is 5.75 Å². The van der Waals surface area contributed by atoms with Crippen LogP contribution in [-0.2, 0) is 7.05 Å². The summed E-state index contributed by atoms with van der Waals surface area (Å²) in [6.45, 7) is 2.64. The number of aryl methyl sites for hydroxylation is 1. The standard InChI is InChI=1S/C17H23N5O3/c1-20-12-19-17(22(23)24)16(20)18-11-15(21-9-3-4-10-21)13-5-7-14(25-2)8-6-13/h5-8,12,15,18H,3-4,9-11H2,1-2H3. The highest BCUT2D eigenvalue weighted by Gasteiger charge is 2.26. The molecule has 1 aliphatic heterocycles. The number of nitrogens with zero attached hydrogens (tertiary/aromatic N) is 4. The van der Waals surface area contributed by atoms with Crippen LogP contribution in [0.1, 0.15) is 24.4 Å². The van der Waals surface area contributed by atoms with Gasteiger partial charge >= 0.3 is 5.82 Å². The van der Waals surface area contributed by atoms with E-state index in [1.807, 2.05) is 12.1 Å². The minimum absolute atomic E-state index is 0.141. The summed E-state index contributed by atoms with van der Waals surface area (Å²) in [5.41, 5.74) is 1.17. The average Bonchev–Trinajstić information content (AvgIpc) is 3.26. The summed E-state index contributed by atoms with van der Waals surface area (Å²) >= 11 is 0. The fourth-order valence-corrected chi connectivity index (χ4v) is 3.29. The zero-order valence-electron chi connectivity index (χ0n) is 14.5. The maximum Gasteiger partial charge on any atom is 0.406 e. The molecule has 0 radical (unpaired) electrons. The lowest BCUT2D eigenvalue weighted by Gasteiger charge is -2.28. The lowest BCUT2D eigenvalue weighted by Crippen LogP contribution is -2.31. The van der Waals surface area contributed by atoms with Gasteiger partial charge in [0.05, 0.1) is 13.2 Å². The molecule has 1 aliphatic rings. The Balaban J connectivity index is 1.80. The van der Waals surface area contributed by atoms with Crippen molar-refractivity contribution in [1.82, 2.24) is 14.5 Å². The van der Waals surface area contributed by atoms with E-state index >= 15 is 0 Å². The molecule has 25 heavy (non-hydrogen) atoms. The Kier molecular flexibility index (Phi) is 5.18. The molecular formula is C17H23N5O3. The highest BCUT2D eigenvalue weighted by atomic mass is 16.6. The molecule has 3 rings (SSSR count). The molecule has 0 amide bonds. The van der Waals surface area contributed by atoms with Crippen LogP contribution < -0.4 is 10.1 Å². The van der Waals surface area contributed by atoms with E-state index in [4.69, 9.17) is 4.74 Å². The van der Waals surface area contributed by atoms with Crippen LogP contribution in [0.2, 0.25) is 0 Å². The first kappa shape index (κ1) is 17.2. The second-order valence-corrected chi connectivity index (χ2v) is 6.20. The van der Waals surface area contributed by atoms with Crippen LogP contribution in [0.4, 0.5) is 11.6 Å². The lowest BCUT2D eigenvalue weighted by atomic mass is 10.1. The Bertz CT molecular complexity index is 722. The number of methoxy groups -OCH3 is 1. The monoisotopic (exact) mass is 345 g/mol. The van der Waals surface area contributed by atoms with Gasteiger partial charge in [0, 0.05) is 13.6 Å². The smallest absolute Gasteiger partial charge is 0.406 e.